The lowest BCUT2D eigenvalue weighted by Gasteiger charge is -2.01. The Morgan fingerprint density at radius 1 is 1.36 bits per heavy atom. The van der Waals surface area contributed by atoms with E-state index in [1.54, 1.807) is 52.9 Å². The summed E-state index contributed by atoms with van der Waals surface area (Å²) in [5.41, 5.74) is 0. The first-order valence-electron chi connectivity index (χ1n) is 3.77. The number of rotatable bonds is 3. The highest BCUT2D eigenvalue weighted by molar-refractivity contribution is 14.1. The first kappa shape index (κ1) is 11.5. The van der Waals surface area contributed by atoms with E-state index < -0.39 is 9.84 Å². The van der Waals surface area contributed by atoms with Gasteiger partial charge in [0.05, 0.1) is 12.0 Å². The Morgan fingerprint density at radius 3 is 2.43 bits per heavy atom. The quantitative estimate of drug-likeness (QED) is 0.633. The first-order valence-corrected chi connectivity index (χ1v) is 6.34. The summed E-state index contributed by atoms with van der Waals surface area (Å²) in [6.45, 7) is 0. The molecule has 0 spiro atoms. The van der Waals surface area contributed by atoms with Crippen molar-refractivity contribution >= 4 is 32.4 Å². The van der Waals surface area contributed by atoms with Crippen LogP contribution >= 0.6 is 22.6 Å². The Balaban J connectivity index is 3.17. The molecular weight excluding hydrogens is 315 g/mol. The van der Waals surface area contributed by atoms with Gasteiger partial charge in [0.2, 0.25) is 9.84 Å². The molecule has 0 amide bonds. The van der Waals surface area contributed by atoms with Gasteiger partial charge >= 0.3 is 0 Å². The third kappa shape index (κ3) is 2.48. The molecule has 0 fully saturated rings. The Morgan fingerprint density at radius 2 is 1.93 bits per heavy atom. The summed E-state index contributed by atoms with van der Waals surface area (Å²) in [6, 6.07) is 8.24. The second-order valence-electron chi connectivity index (χ2n) is 2.47. The largest absolute Gasteiger partial charge is 0.503 e. The van der Waals surface area contributed by atoms with Gasteiger partial charge in [-0.05, 0) is 34.7 Å². The van der Waals surface area contributed by atoms with E-state index in [2.05, 4.69) is 4.74 Å². The summed E-state index contributed by atoms with van der Waals surface area (Å²) in [5.74, 6) is 0. The standard InChI is InChI=1S/C9H9IO3S/c1-13-7-9(10)14(11,12)8-5-3-2-4-6-8/h2-7H,1H3/b9-7-. The maximum Gasteiger partial charge on any atom is 0.215 e. The molecule has 76 valence electrons. The fourth-order valence-corrected chi connectivity index (χ4v) is 2.85. The van der Waals surface area contributed by atoms with Crippen LogP contribution in [0.15, 0.2) is 44.4 Å². The van der Waals surface area contributed by atoms with Crippen LogP contribution in [0.25, 0.3) is 0 Å². The zero-order valence-electron chi connectivity index (χ0n) is 7.48. The van der Waals surface area contributed by atoms with E-state index in [-0.39, 0.29) is 7.81 Å². The number of methoxy groups -OCH3 is 1. The van der Waals surface area contributed by atoms with Crippen molar-refractivity contribution in [3.63, 3.8) is 0 Å². The zero-order chi connectivity index (χ0) is 10.6. The van der Waals surface area contributed by atoms with Gasteiger partial charge in [-0.15, -0.1) is 0 Å². The predicted molar refractivity (Wildman–Crippen MR) is 62.7 cm³/mol. The highest BCUT2D eigenvalue weighted by atomic mass is 127. The number of sulfone groups is 1. The third-order valence-corrected chi connectivity index (χ3v) is 5.02. The van der Waals surface area contributed by atoms with Gasteiger partial charge in [-0.25, -0.2) is 8.42 Å². The summed E-state index contributed by atoms with van der Waals surface area (Å²) >= 11 is 1.74. The minimum atomic E-state index is -3.38. The van der Waals surface area contributed by atoms with Gasteiger partial charge in [-0.3, -0.25) is 0 Å². The molecule has 1 aromatic rings. The number of halogens is 1. The van der Waals surface area contributed by atoms with E-state index in [0.717, 1.165) is 0 Å². The van der Waals surface area contributed by atoms with E-state index in [1.165, 1.54) is 13.4 Å². The average Bonchev–Trinajstić information content (AvgIpc) is 2.19. The predicted octanol–water partition coefficient (Wildman–Crippen LogP) is 2.34. The topological polar surface area (TPSA) is 43.4 Å². The van der Waals surface area contributed by atoms with Crippen molar-refractivity contribution in [2.75, 3.05) is 7.11 Å². The van der Waals surface area contributed by atoms with Crippen molar-refractivity contribution in [2.45, 2.75) is 4.90 Å². The molecular formula is C9H9IO3S. The van der Waals surface area contributed by atoms with E-state index in [4.69, 9.17) is 0 Å². The van der Waals surface area contributed by atoms with Crippen molar-refractivity contribution < 1.29 is 13.2 Å². The minimum Gasteiger partial charge on any atom is -0.503 e. The third-order valence-electron chi connectivity index (χ3n) is 1.52. The van der Waals surface area contributed by atoms with Crippen LogP contribution < -0.4 is 0 Å². The Hall–Kier alpha value is -0.560. The molecule has 0 aromatic heterocycles. The van der Waals surface area contributed by atoms with Crippen LogP contribution in [0.1, 0.15) is 0 Å². The second-order valence-corrected chi connectivity index (χ2v) is 6.29. The van der Waals surface area contributed by atoms with Crippen molar-refractivity contribution in [1.82, 2.24) is 0 Å². The molecule has 1 aromatic carbocycles. The molecule has 3 nitrogen and oxygen atoms in total. The fourth-order valence-electron chi connectivity index (χ4n) is 0.868. The lowest BCUT2D eigenvalue weighted by molar-refractivity contribution is 0.338. The van der Waals surface area contributed by atoms with Crippen molar-refractivity contribution in [3.05, 3.63) is 39.5 Å². The number of hydrogen-bond acceptors (Lipinski definition) is 3. The molecule has 0 atom stereocenters. The van der Waals surface area contributed by atoms with E-state index in [0.29, 0.717) is 0 Å². The van der Waals surface area contributed by atoms with Gasteiger partial charge in [0, 0.05) is 0 Å². The Bertz CT molecular complexity index is 423. The molecule has 0 aliphatic carbocycles. The van der Waals surface area contributed by atoms with Crippen LogP contribution in [-0.2, 0) is 14.6 Å². The van der Waals surface area contributed by atoms with Crippen LogP contribution in [0.3, 0.4) is 0 Å². The van der Waals surface area contributed by atoms with Gasteiger partial charge < -0.3 is 4.74 Å². The van der Waals surface area contributed by atoms with Gasteiger partial charge in [0.25, 0.3) is 0 Å². The van der Waals surface area contributed by atoms with Crippen LogP contribution in [-0.4, -0.2) is 15.5 Å². The maximum atomic E-state index is 11.8. The van der Waals surface area contributed by atoms with Gasteiger partial charge in [0.1, 0.15) is 9.17 Å². The molecule has 0 saturated heterocycles. The number of benzene rings is 1. The van der Waals surface area contributed by atoms with E-state index >= 15 is 0 Å². The molecule has 0 aliphatic heterocycles. The van der Waals surface area contributed by atoms with Crippen LogP contribution in [0.4, 0.5) is 0 Å². The van der Waals surface area contributed by atoms with Crippen molar-refractivity contribution in [1.29, 1.82) is 0 Å². The van der Waals surface area contributed by atoms with Crippen LogP contribution in [0.5, 0.6) is 0 Å². The van der Waals surface area contributed by atoms with Crippen LogP contribution in [0, 0.1) is 0 Å². The molecule has 0 unspecified atom stereocenters. The highest BCUT2D eigenvalue weighted by Gasteiger charge is 2.17. The molecule has 0 bridgehead atoms. The molecule has 0 radical (unpaired) electrons. The SMILES string of the molecule is CO/C=C(/I)S(=O)(=O)c1ccccc1. The van der Waals surface area contributed by atoms with Crippen molar-refractivity contribution in [2.24, 2.45) is 0 Å². The number of ether oxygens (including phenoxy) is 1. The molecule has 14 heavy (non-hydrogen) atoms. The lowest BCUT2D eigenvalue weighted by Crippen LogP contribution is -2.00. The lowest BCUT2D eigenvalue weighted by atomic mass is 10.4. The van der Waals surface area contributed by atoms with E-state index in [9.17, 15) is 8.42 Å². The monoisotopic (exact) mass is 324 g/mol. The average molecular weight is 324 g/mol. The van der Waals surface area contributed by atoms with Crippen molar-refractivity contribution in [3.8, 4) is 0 Å². The molecule has 0 N–H and O–H groups in total. The first-order chi connectivity index (χ1) is 6.59. The normalized spacial score (nSPS) is 12.6. The molecule has 0 heterocycles. The Labute approximate surface area is 96.8 Å². The second kappa shape index (κ2) is 4.79. The summed E-state index contributed by atoms with van der Waals surface area (Å²) in [6.07, 6.45) is 1.21. The Kier molecular flexibility index (Phi) is 3.94. The maximum absolute atomic E-state index is 11.8. The highest BCUT2D eigenvalue weighted by Crippen LogP contribution is 2.23. The number of hydrogen-bond donors (Lipinski definition) is 0. The smallest absolute Gasteiger partial charge is 0.215 e. The van der Waals surface area contributed by atoms with Gasteiger partial charge in [-0.1, -0.05) is 18.2 Å². The molecule has 5 heteroatoms. The van der Waals surface area contributed by atoms with Gasteiger partial charge in [0.15, 0.2) is 0 Å². The molecule has 0 aliphatic rings. The van der Waals surface area contributed by atoms with E-state index in [1.807, 2.05) is 0 Å². The van der Waals surface area contributed by atoms with Crippen LogP contribution in [0.2, 0.25) is 0 Å². The summed E-state index contributed by atoms with van der Waals surface area (Å²) in [4.78, 5) is 0.276. The molecule has 0 saturated carbocycles. The zero-order valence-corrected chi connectivity index (χ0v) is 10.4. The fraction of sp³-hybridized carbons (Fsp3) is 0.111. The summed E-state index contributed by atoms with van der Waals surface area (Å²) < 4.78 is 28.4. The summed E-state index contributed by atoms with van der Waals surface area (Å²) in [7, 11) is -1.96. The van der Waals surface area contributed by atoms with Gasteiger partial charge in [-0.2, -0.15) is 0 Å². The minimum absolute atomic E-state index is 0.170. The molecule has 1 rings (SSSR count). The summed E-state index contributed by atoms with van der Waals surface area (Å²) in [5, 5.41) is 0.